The van der Waals surface area contributed by atoms with E-state index < -0.39 is 29.7 Å². The third-order valence-electron chi connectivity index (χ3n) is 13.3. The van der Waals surface area contributed by atoms with E-state index in [9.17, 15) is 24.0 Å². The van der Waals surface area contributed by atoms with Crippen LogP contribution in [0.3, 0.4) is 0 Å². The maximum Gasteiger partial charge on any atom is 0.262 e. The van der Waals surface area contributed by atoms with Gasteiger partial charge in [0.15, 0.2) is 5.65 Å². The predicted octanol–water partition coefficient (Wildman–Crippen LogP) is 4.67. The summed E-state index contributed by atoms with van der Waals surface area (Å²) in [6.07, 6.45) is 5.87. The maximum atomic E-state index is 13.8. The molecule has 5 amide bonds. The minimum atomic E-state index is -0.983. The van der Waals surface area contributed by atoms with Gasteiger partial charge in [-0.2, -0.15) is 5.10 Å². The molecule has 318 valence electrons. The first-order valence-electron chi connectivity index (χ1n) is 21.6. The molecule has 16 heteroatoms. The van der Waals surface area contributed by atoms with E-state index in [4.69, 9.17) is 15.6 Å². The van der Waals surface area contributed by atoms with Gasteiger partial charge in [-0.3, -0.25) is 39.1 Å². The van der Waals surface area contributed by atoms with Crippen molar-refractivity contribution < 1.29 is 28.7 Å². The number of fused-ring (bicyclic) bond motifs is 2. The average molecular weight is 837 g/mol. The molecule has 6 heterocycles. The van der Waals surface area contributed by atoms with Gasteiger partial charge in [-0.05, 0) is 99.0 Å². The van der Waals surface area contributed by atoms with Crippen LogP contribution >= 0.6 is 0 Å². The summed E-state index contributed by atoms with van der Waals surface area (Å²) in [5, 5.41) is 8.04. The van der Waals surface area contributed by atoms with Crippen LogP contribution in [0.4, 0.5) is 11.5 Å². The second-order valence-corrected chi connectivity index (χ2v) is 17.1. The number of hydrogen-bond acceptors (Lipinski definition) is 12. The minimum Gasteiger partial charge on any atom is -0.457 e. The number of nitrogens with two attached hydrogens (primary N) is 1. The van der Waals surface area contributed by atoms with Crippen LogP contribution in [0, 0.1) is 11.8 Å². The lowest BCUT2D eigenvalue weighted by Gasteiger charge is -2.38. The zero-order chi connectivity index (χ0) is 42.5. The number of piperidine rings is 1. The molecular weight excluding hydrogens is 789 g/mol. The standard InChI is InChI=1S/C46H48N10O6/c47-41-39-40(29-8-13-34(14-9-29)62-33-4-2-1-3-5-33)51-56(42(39)49-27-48-41)31-10-6-30(7-11-31)44(59)53-22-20-52(21-23-53)25-28-18-19-54(26-28)32-12-15-35-36(24-32)46(61)55(45(35)60)37-16-17-38(57)50-43(37)58/h1-5,8-9,12-15,24,27-28,30-31,37H,6-7,10-11,16-23,25-26H2,(H2,47,48,49)(H,50,57,58). The van der Waals surface area contributed by atoms with E-state index in [1.807, 2.05) is 70.2 Å². The Hall–Kier alpha value is -6.68. The highest BCUT2D eigenvalue weighted by Crippen LogP contribution is 2.39. The van der Waals surface area contributed by atoms with E-state index in [1.165, 1.54) is 6.33 Å². The van der Waals surface area contributed by atoms with Crippen LogP contribution in [0.2, 0.25) is 0 Å². The van der Waals surface area contributed by atoms with Crippen molar-refractivity contribution >= 4 is 52.1 Å². The minimum absolute atomic E-state index is 0.0232. The molecule has 0 radical (unpaired) electrons. The van der Waals surface area contributed by atoms with Crippen LogP contribution in [0.15, 0.2) is 79.1 Å². The first-order chi connectivity index (χ1) is 30.2. The zero-order valence-electron chi connectivity index (χ0n) is 34.3. The van der Waals surface area contributed by atoms with E-state index >= 15 is 0 Å². The van der Waals surface area contributed by atoms with Gasteiger partial charge in [-0.1, -0.05) is 18.2 Å². The van der Waals surface area contributed by atoms with Crippen molar-refractivity contribution in [1.29, 1.82) is 0 Å². The number of hydrogen-bond donors (Lipinski definition) is 2. The molecule has 2 aromatic heterocycles. The van der Waals surface area contributed by atoms with Crippen molar-refractivity contribution in [3.8, 4) is 22.8 Å². The summed E-state index contributed by atoms with van der Waals surface area (Å²) in [6.45, 7) is 5.64. The first kappa shape index (κ1) is 39.5. The molecule has 4 aliphatic heterocycles. The van der Waals surface area contributed by atoms with Crippen molar-refractivity contribution in [3.05, 3.63) is 90.3 Å². The summed E-state index contributed by atoms with van der Waals surface area (Å²) in [7, 11) is 0. The zero-order valence-corrected chi connectivity index (χ0v) is 34.3. The second-order valence-electron chi connectivity index (χ2n) is 17.1. The number of ether oxygens (including phenoxy) is 1. The summed E-state index contributed by atoms with van der Waals surface area (Å²) in [6, 6.07) is 21.8. The second kappa shape index (κ2) is 16.3. The normalized spacial score (nSPS) is 23.3. The molecule has 5 aliphatic rings. The number of carbonyl (C=O) groups is 5. The predicted molar refractivity (Wildman–Crippen MR) is 229 cm³/mol. The van der Waals surface area contributed by atoms with Crippen molar-refractivity contribution in [2.45, 2.75) is 57.0 Å². The van der Waals surface area contributed by atoms with Crippen molar-refractivity contribution in [2.24, 2.45) is 11.8 Å². The molecule has 1 aliphatic carbocycles. The van der Waals surface area contributed by atoms with Crippen LogP contribution < -0.4 is 20.7 Å². The fourth-order valence-corrected chi connectivity index (χ4v) is 9.97. The molecule has 62 heavy (non-hydrogen) atoms. The lowest BCUT2D eigenvalue weighted by molar-refractivity contribution is -0.139. The SMILES string of the molecule is Nc1ncnc2c1c(-c1ccc(Oc3ccccc3)cc1)nn2C1CCC(C(=O)N2CCN(CC3CCN(c4ccc5c(c4)C(=O)N(C4CCC(=O)NC4=O)C5=O)C3)CC2)CC1. The van der Waals surface area contributed by atoms with E-state index in [0.717, 1.165) is 104 Å². The van der Waals surface area contributed by atoms with Crippen LogP contribution in [0.25, 0.3) is 22.3 Å². The number of para-hydroxylation sites is 1. The Bertz CT molecular complexity index is 2560. The smallest absolute Gasteiger partial charge is 0.262 e. The number of amides is 5. The van der Waals surface area contributed by atoms with E-state index in [1.54, 1.807) is 12.1 Å². The van der Waals surface area contributed by atoms with Gasteiger partial charge in [0.2, 0.25) is 17.7 Å². The molecular formula is C46H48N10O6. The van der Waals surface area contributed by atoms with Crippen LogP contribution in [0.5, 0.6) is 11.5 Å². The van der Waals surface area contributed by atoms with Gasteiger partial charge in [0, 0.05) is 69.4 Å². The molecule has 0 spiro atoms. The number of anilines is 2. The number of rotatable bonds is 9. The number of benzene rings is 3. The summed E-state index contributed by atoms with van der Waals surface area (Å²) in [5.41, 5.74) is 10.2. The van der Waals surface area contributed by atoms with Crippen molar-refractivity contribution in [1.82, 2.24) is 39.8 Å². The fourth-order valence-electron chi connectivity index (χ4n) is 9.97. The Balaban J connectivity index is 0.713. The Morgan fingerprint density at radius 2 is 1.53 bits per heavy atom. The maximum absolute atomic E-state index is 13.8. The topological polar surface area (TPSA) is 189 Å². The van der Waals surface area contributed by atoms with E-state index in [0.29, 0.717) is 36.0 Å². The van der Waals surface area contributed by atoms with Gasteiger partial charge in [0.05, 0.1) is 22.6 Å². The largest absolute Gasteiger partial charge is 0.457 e. The summed E-state index contributed by atoms with van der Waals surface area (Å²) in [4.78, 5) is 81.2. The fraction of sp³-hybridized carbons (Fsp3) is 0.391. The van der Waals surface area contributed by atoms with Crippen LogP contribution in [0.1, 0.15) is 71.7 Å². The summed E-state index contributed by atoms with van der Waals surface area (Å²) in [5.74, 6) is 0.501. The lowest BCUT2D eigenvalue weighted by atomic mass is 9.85. The van der Waals surface area contributed by atoms with E-state index in [2.05, 4.69) is 25.1 Å². The molecule has 4 fully saturated rings. The Labute approximate surface area is 358 Å². The summed E-state index contributed by atoms with van der Waals surface area (Å²) < 4.78 is 7.99. The number of nitrogens with one attached hydrogen (secondary N) is 1. The third kappa shape index (κ3) is 7.41. The molecule has 2 atom stereocenters. The van der Waals surface area contributed by atoms with E-state index in [-0.39, 0.29) is 36.3 Å². The Morgan fingerprint density at radius 1 is 0.790 bits per heavy atom. The van der Waals surface area contributed by atoms with Gasteiger partial charge >= 0.3 is 0 Å². The quantitative estimate of drug-likeness (QED) is 0.196. The van der Waals surface area contributed by atoms with Crippen molar-refractivity contribution in [2.75, 3.05) is 56.4 Å². The average Bonchev–Trinajstić information content (AvgIpc) is 3.99. The molecule has 16 nitrogen and oxygen atoms in total. The Morgan fingerprint density at radius 3 is 2.29 bits per heavy atom. The Kier molecular flexibility index (Phi) is 10.4. The molecule has 2 unspecified atom stereocenters. The highest BCUT2D eigenvalue weighted by molar-refractivity contribution is 6.23. The van der Waals surface area contributed by atoms with Gasteiger partial charge in [-0.25, -0.2) is 14.6 Å². The number of carbonyl (C=O) groups excluding carboxylic acids is 5. The van der Waals surface area contributed by atoms with Crippen LogP contribution in [-0.2, 0) is 14.4 Å². The highest BCUT2D eigenvalue weighted by Gasteiger charge is 2.45. The molecule has 3 saturated heterocycles. The van der Waals surface area contributed by atoms with Gasteiger partial charge in [0.25, 0.3) is 11.8 Å². The molecule has 3 N–H and O–H groups in total. The highest BCUT2D eigenvalue weighted by atomic mass is 16.5. The monoisotopic (exact) mass is 836 g/mol. The van der Waals surface area contributed by atoms with Gasteiger partial charge in [0.1, 0.15) is 35.4 Å². The van der Waals surface area contributed by atoms with Crippen LogP contribution in [-0.4, -0.2) is 116 Å². The molecule has 5 aromatic rings. The number of nitrogens with zero attached hydrogens (tertiary/aromatic N) is 8. The number of aromatic nitrogens is 4. The number of nitrogen functional groups attached to an aromatic ring is 1. The van der Waals surface area contributed by atoms with Gasteiger partial charge < -0.3 is 20.3 Å². The van der Waals surface area contributed by atoms with Crippen molar-refractivity contribution in [3.63, 3.8) is 0 Å². The third-order valence-corrected chi connectivity index (χ3v) is 13.3. The first-order valence-corrected chi connectivity index (χ1v) is 21.6. The summed E-state index contributed by atoms with van der Waals surface area (Å²) >= 11 is 0. The number of piperazine rings is 1. The lowest BCUT2D eigenvalue weighted by Crippen LogP contribution is -2.54. The molecule has 0 bridgehead atoms. The number of imide groups is 2. The van der Waals surface area contributed by atoms with Gasteiger partial charge in [-0.15, -0.1) is 0 Å². The molecule has 3 aromatic carbocycles. The molecule has 1 saturated carbocycles. The molecule has 10 rings (SSSR count).